The largest absolute Gasteiger partial charge is 0.379 e. The van der Waals surface area contributed by atoms with Crippen molar-refractivity contribution in [2.45, 2.75) is 86.2 Å². The van der Waals surface area contributed by atoms with Crippen molar-refractivity contribution in [3.05, 3.63) is 82.7 Å². The predicted octanol–water partition coefficient (Wildman–Crippen LogP) is 5.09. The van der Waals surface area contributed by atoms with Gasteiger partial charge in [0.2, 0.25) is 9.84 Å². The number of carbonyl (C=O) groups is 1. The van der Waals surface area contributed by atoms with Crippen LogP contribution in [-0.4, -0.2) is 57.1 Å². The van der Waals surface area contributed by atoms with Crippen molar-refractivity contribution in [2.24, 2.45) is 0 Å². The van der Waals surface area contributed by atoms with Crippen molar-refractivity contribution < 1.29 is 17.9 Å². The van der Waals surface area contributed by atoms with E-state index in [9.17, 15) is 13.2 Å². The second-order valence-corrected chi connectivity index (χ2v) is 14.3. The Hall–Kier alpha value is -2.98. The van der Waals surface area contributed by atoms with Crippen LogP contribution in [0, 0.1) is 0 Å². The van der Waals surface area contributed by atoms with E-state index in [1.165, 1.54) is 49.8 Å². The zero-order chi connectivity index (χ0) is 29.7. The first-order valence-corrected chi connectivity index (χ1v) is 17.4. The van der Waals surface area contributed by atoms with E-state index in [0.29, 0.717) is 36.9 Å². The Bertz CT molecular complexity index is 1500. The summed E-state index contributed by atoms with van der Waals surface area (Å²) in [5.41, 5.74) is 4.78. The van der Waals surface area contributed by atoms with Gasteiger partial charge in [-0.2, -0.15) is 0 Å². The van der Waals surface area contributed by atoms with Crippen molar-refractivity contribution >= 4 is 15.7 Å². The number of ether oxygens (including phenoxy) is 1. The van der Waals surface area contributed by atoms with E-state index in [0.717, 1.165) is 50.1 Å². The molecule has 1 aliphatic carbocycles. The summed E-state index contributed by atoms with van der Waals surface area (Å²) in [6, 6.07) is 16.1. The Balaban J connectivity index is 1.12. The molecular weight excluding hydrogens is 560 g/mol. The van der Waals surface area contributed by atoms with E-state index >= 15 is 0 Å². The minimum absolute atomic E-state index is 0.0819. The minimum atomic E-state index is -3.69. The number of H-pyrrole nitrogens is 1. The number of fused-ring (bicyclic) bond motifs is 2. The fourth-order valence-corrected chi connectivity index (χ4v) is 8.51. The molecule has 9 heteroatoms. The number of benzene rings is 2. The molecule has 3 heterocycles. The van der Waals surface area contributed by atoms with Crippen molar-refractivity contribution in [3.8, 4) is 0 Å². The lowest BCUT2D eigenvalue weighted by molar-refractivity contribution is 0.0338. The van der Waals surface area contributed by atoms with Gasteiger partial charge in [0.15, 0.2) is 0 Å². The Morgan fingerprint density at radius 3 is 2.37 bits per heavy atom. The second-order valence-electron chi connectivity index (χ2n) is 12.4. The third-order valence-electron chi connectivity index (χ3n) is 9.46. The van der Waals surface area contributed by atoms with Crippen molar-refractivity contribution in [1.82, 2.24) is 20.5 Å². The molecule has 2 aliphatic heterocycles. The van der Waals surface area contributed by atoms with E-state index in [4.69, 9.17) is 4.74 Å². The van der Waals surface area contributed by atoms with Crippen LogP contribution in [-0.2, 0) is 39.6 Å². The van der Waals surface area contributed by atoms with Crippen molar-refractivity contribution in [2.75, 3.05) is 32.8 Å². The predicted molar refractivity (Wildman–Crippen MR) is 167 cm³/mol. The quantitative estimate of drug-likeness (QED) is 0.348. The van der Waals surface area contributed by atoms with Crippen LogP contribution in [0.3, 0.4) is 0 Å². The lowest BCUT2D eigenvalue weighted by Gasteiger charge is -2.38. The molecule has 3 aromatic rings. The zero-order valence-electron chi connectivity index (χ0n) is 25.0. The molecule has 2 aromatic carbocycles. The van der Waals surface area contributed by atoms with Gasteiger partial charge in [-0.05, 0) is 53.8 Å². The third-order valence-corrected chi connectivity index (χ3v) is 11.3. The lowest BCUT2D eigenvalue weighted by atomic mass is 9.73. The molecule has 3 N–H and O–H groups in total. The molecule has 230 valence electrons. The summed E-state index contributed by atoms with van der Waals surface area (Å²) in [6.45, 7) is 5.55. The van der Waals surface area contributed by atoms with E-state index in [1.54, 1.807) is 36.4 Å². The van der Waals surface area contributed by atoms with Crippen LogP contribution >= 0.6 is 0 Å². The zero-order valence-corrected chi connectivity index (χ0v) is 25.8. The first-order chi connectivity index (χ1) is 20.9. The van der Waals surface area contributed by atoms with Crippen LogP contribution in [0.4, 0.5) is 0 Å². The normalized spacial score (nSPS) is 19.6. The number of morpholine rings is 1. The van der Waals surface area contributed by atoms with Crippen molar-refractivity contribution in [1.29, 1.82) is 0 Å². The number of aromatic amines is 1. The average molecular weight is 605 g/mol. The monoisotopic (exact) mass is 604 g/mol. The number of aromatic nitrogens is 1. The molecule has 0 unspecified atom stereocenters. The molecule has 1 aromatic heterocycles. The Labute approximate surface area is 255 Å². The van der Waals surface area contributed by atoms with Gasteiger partial charge in [-0.1, -0.05) is 68.9 Å². The molecule has 1 saturated carbocycles. The first kappa shape index (κ1) is 30.1. The number of nitrogens with one attached hydrogen (secondary N) is 3. The molecule has 0 bridgehead atoms. The molecule has 6 rings (SSSR count). The summed E-state index contributed by atoms with van der Waals surface area (Å²) >= 11 is 0. The summed E-state index contributed by atoms with van der Waals surface area (Å²) < 4.78 is 32.7. The number of rotatable bonds is 7. The fraction of sp³-hybridized carbons (Fsp3) is 0.500. The number of carbonyl (C=O) groups excluding carboxylic acids is 1. The number of nitrogens with zero attached hydrogens (tertiary/aromatic N) is 1. The van der Waals surface area contributed by atoms with Gasteiger partial charge in [-0.3, -0.25) is 9.69 Å². The third kappa shape index (κ3) is 6.75. The lowest BCUT2D eigenvalue weighted by Crippen LogP contribution is -2.43. The molecular formula is C34H44N4O4S. The van der Waals surface area contributed by atoms with Gasteiger partial charge in [-0.15, -0.1) is 0 Å². The Morgan fingerprint density at radius 2 is 1.63 bits per heavy atom. The topological polar surface area (TPSA) is 104 Å². The van der Waals surface area contributed by atoms with Gasteiger partial charge < -0.3 is 20.4 Å². The molecule has 0 atom stereocenters. The summed E-state index contributed by atoms with van der Waals surface area (Å²) in [6.07, 6.45) is 9.98. The molecule has 8 nitrogen and oxygen atoms in total. The van der Waals surface area contributed by atoms with Crippen LogP contribution in [0.25, 0.3) is 0 Å². The van der Waals surface area contributed by atoms with Crippen LogP contribution in [0.5, 0.6) is 0 Å². The van der Waals surface area contributed by atoms with E-state index in [1.807, 2.05) is 18.2 Å². The van der Waals surface area contributed by atoms with Crippen LogP contribution in [0.2, 0.25) is 0 Å². The molecule has 43 heavy (non-hydrogen) atoms. The van der Waals surface area contributed by atoms with Gasteiger partial charge in [0.1, 0.15) is 5.69 Å². The molecule has 1 spiro atoms. The Morgan fingerprint density at radius 1 is 0.930 bits per heavy atom. The second kappa shape index (κ2) is 13.3. The maximum absolute atomic E-state index is 13.6. The van der Waals surface area contributed by atoms with Gasteiger partial charge in [0.05, 0.1) is 23.0 Å². The number of sulfone groups is 1. The minimum Gasteiger partial charge on any atom is -0.379 e. The maximum Gasteiger partial charge on any atom is 0.267 e. The van der Waals surface area contributed by atoms with E-state index in [-0.39, 0.29) is 16.2 Å². The van der Waals surface area contributed by atoms with Crippen LogP contribution < -0.4 is 10.6 Å². The highest BCUT2D eigenvalue weighted by Gasteiger charge is 2.38. The number of hydrogen-bond donors (Lipinski definition) is 3. The van der Waals surface area contributed by atoms with Crippen LogP contribution in [0.15, 0.2) is 64.4 Å². The molecule has 1 amide bonds. The van der Waals surface area contributed by atoms with Gasteiger partial charge in [-0.25, -0.2) is 8.42 Å². The average Bonchev–Trinajstić information content (AvgIpc) is 3.52. The molecule has 0 radical (unpaired) electrons. The highest BCUT2D eigenvalue weighted by molar-refractivity contribution is 7.91. The fourth-order valence-electron chi connectivity index (χ4n) is 7.03. The van der Waals surface area contributed by atoms with E-state index < -0.39 is 9.84 Å². The number of hydrogen-bond acceptors (Lipinski definition) is 6. The smallest absolute Gasteiger partial charge is 0.267 e. The first-order valence-electron chi connectivity index (χ1n) is 15.9. The Kier molecular flexibility index (Phi) is 9.33. The summed E-state index contributed by atoms with van der Waals surface area (Å²) in [5, 5.41) is 6.66. The summed E-state index contributed by atoms with van der Waals surface area (Å²) in [4.78, 5) is 19.6. The standard InChI is InChI=1S/C34H44N4O4S/c39-33(30-21-28-23-35-25-34(32(28)37-30)15-7-3-1-2-4-8-16-34)36-22-26-11-13-29(14-12-26)43(40,41)31-10-6-5-9-27(31)24-38-17-19-42-20-18-38/h5-6,9-14,21,35,37H,1-4,7-8,15-20,22-25H2,(H,36,39). The highest BCUT2D eigenvalue weighted by Crippen LogP contribution is 2.40. The molecule has 3 aliphatic rings. The van der Waals surface area contributed by atoms with E-state index in [2.05, 4.69) is 20.5 Å². The van der Waals surface area contributed by atoms with Crippen molar-refractivity contribution in [3.63, 3.8) is 0 Å². The molecule has 2 fully saturated rings. The SMILES string of the molecule is O=C(NCc1ccc(S(=O)(=O)c2ccccc2CN2CCOCC2)cc1)c1cc2c([nH]1)C1(CCCCCCCC1)CNC2. The van der Waals surface area contributed by atoms with Crippen LogP contribution in [0.1, 0.15) is 84.2 Å². The van der Waals surface area contributed by atoms with Gasteiger partial charge >= 0.3 is 0 Å². The summed E-state index contributed by atoms with van der Waals surface area (Å²) in [7, 11) is -3.69. The number of amides is 1. The maximum atomic E-state index is 13.6. The molecule has 1 saturated heterocycles. The highest BCUT2D eigenvalue weighted by atomic mass is 32.2. The summed E-state index contributed by atoms with van der Waals surface area (Å²) in [5.74, 6) is -0.138. The van der Waals surface area contributed by atoms with Gasteiger partial charge in [0, 0.05) is 50.4 Å². The van der Waals surface area contributed by atoms with Gasteiger partial charge in [0.25, 0.3) is 5.91 Å².